The number of carbonyl (C=O) groups is 1. The first-order valence-electron chi connectivity index (χ1n) is 9.00. The maximum absolute atomic E-state index is 12.6. The van der Waals surface area contributed by atoms with Crippen molar-refractivity contribution >= 4 is 46.1 Å². The molecule has 150 valence electrons. The predicted octanol–water partition coefficient (Wildman–Crippen LogP) is 6.18. The molecular weight excluding hydrogens is 423 g/mol. The minimum absolute atomic E-state index is 0.384. The summed E-state index contributed by atoms with van der Waals surface area (Å²) in [4.78, 5) is 12.6. The summed E-state index contributed by atoms with van der Waals surface area (Å²) >= 11 is 12.0. The molecule has 1 N–H and O–H groups in total. The van der Waals surface area contributed by atoms with Gasteiger partial charge in [-0.1, -0.05) is 47.5 Å². The second-order valence-corrected chi connectivity index (χ2v) is 7.24. The van der Waals surface area contributed by atoms with Gasteiger partial charge in [0.15, 0.2) is 0 Å². The number of hydrogen-bond acceptors (Lipinski definition) is 4. The number of rotatable bonds is 5. The van der Waals surface area contributed by atoms with Gasteiger partial charge in [-0.15, -0.1) is 0 Å². The van der Waals surface area contributed by atoms with E-state index in [1.807, 2.05) is 36.4 Å². The third kappa shape index (κ3) is 4.17. The Morgan fingerprint density at radius 2 is 1.77 bits per heavy atom. The summed E-state index contributed by atoms with van der Waals surface area (Å²) in [5, 5.41) is 6.83. The number of hydrazone groups is 1. The number of methoxy groups -OCH3 is 1. The fourth-order valence-corrected chi connectivity index (χ4v) is 3.31. The van der Waals surface area contributed by atoms with Crippen LogP contribution >= 0.6 is 23.2 Å². The molecule has 1 aromatic heterocycles. The van der Waals surface area contributed by atoms with Gasteiger partial charge >= 0.3 is 0 Å². The van der Waals surface area contributed by atoms with E-state index in [1.54, 1.807) is 30.3 Å². The third-order valence-corrected chi connectivity index (χ3v) is 5.24. The number of ether oxygens (including phenoxy) is 1. The van der Waals surface area contributed by atoms with Crippen LogP contribution in [0, 0.1) is 0 Å². The normalized spacial score (nSPS) is 11.2. The van der Waals surface area contributed by atoms with E-state index < -0.39 is 0 Å². The van der Waals surface area contributed by atoms with Crippen LogP contribution in [-0.2, 0) is 0 Å². The molecule has 0 bridgehead atoms. The van der Waals surface area contributed by atoms with E-state index in [4.69, 9.17) is 32.4 Å². The van der Waals surface area contributed by atoms with Gasteiger partial charge in [0.05, 0.1) is 28.9 Å². The molecule has 30 heavy (non-hydrogen) atoms. The first-order chi connectivity index (χ1) is 14.5. The lowest BCUT2D eigenvalue weighted by atomic mass is 10.1. The minimum Gasteiger partial charge on any atom is -0.496 e. The average Bonchev–Trinajstić information content (AvgIpc) is 3.23. The van der Waals surface area contributed by atoms with Crippen LogP contribution in [-0.4, -0.2) is 19.2 Å². The summed E-state index contributed by atoms with van der Waals surface area (Å²) in [6.07, 6.45) is 1.42. The van der Waals surface area contributed by atoms with Gasteiger partial charge in [0.2, 0.25) is 0 Å². The lowest BCUT2D eigenvalue weighted by Gasteiger charge is -2.09. The largest absolute Gasteiger partial charge is 0.496 e. The Bertz CT molecular complexity index is 1260. The highest BCUT2D eigenvalue weighted by Crippen LogP contribution is 2.29. The smallest absolute Gasteiger partial charge is 0.275 e. The molecule has 0 aliphatic rings. The molecule has 0 saturated carbocycles. The lowest BCUT2D eigenvalue weighted by molar-refractivity contribution is 0.0952. The van der Waals surface area contributed by atoms with E-state index in [2.05, 4.69) is 10.5 Å². The van der Waals surface area contributed by atoms with E-state index in [0.29, 0.717) is 32.9 Å². The molecule has 0 spiro atoms. The SMILES string of the molecule is COc1cc2ccccc2cc1C(=O)NN=Cc1ccc(-c2ccc(Cl)c(Cl)c2)o1. The first kappa shape index (κ1) is 20.0. The molecule has 7 heteroatoms. The Labute approximate surface area is 182 Å². The highest BCUT2D eigenvalue weighted by molar-refractivity contribution is 6.42. The van der Waals surface area contributed by atoms with Crippen LogP contribution in [0.2, 0.25) is 10.0 Å². The topological polar surface area (TPSA) is 63.8 Å². The Balaban J connectivity index is 1.50. The molecule has 1 heterocycles. The number of nitrogens with one attached hydrogen (secondary N) is 1. The summed E-state index contributed by atoms with van der Waals surface area (Å²) < 4.78 is 11.1. The summed E-state index contributed by atoms with van der Waals surface area (Å²) in [6.45, 7) is 0. The maximum Gasteiger partial charge on any atom is 0.275 e. The van der Waals surface area contributed by atoms with Crippen molar-refractivity contribution < 1.29 is 13.9 Å². The van der Waals surface area contributed by atoms with Crippen LogP contribution in [0.5, 0.6) is 5.75 Å². The van der Waals surface area contributed by atoms with Crippen LogP contribution < -0.4 is 10.2 Å². The number of nitrogens with zero attached hydrogens (tertiary/aromatic N) is 1. The van der Waals surface area contributed by atoms with Crippen molar-refractivity contribution in [1.82, 2.24) is 5.43 Å². The second kappa shape index (κ2) is 8.61. The van der Waals surface area contributed by atoms with Crippen LogP contribution in [0.4, 0.5) is 0 Å². The van der Waals surface area contributed by atoms with Gasteiger partial charge in [0.1, 0.15) is 17.3 Å². The average molecular weight is 439 g/mol. The molecule has 0 radical (unpaired) electrons. The molecule has 1 amide bonds. The first-order valence-corrected chi connectivity index (χ1v) is 9.76. The molecule has 0 fully saturated rings. The van der Waals surface area contributed by atoms with Crippen molar-refractivity contribution in [2.75, 3.05) is 7.11 Å². The zero-order chi connectivity index (χ0) is 21.1. The quantitative estimate of drug-likeness (QED) is 0.298. The monoisotopic (exact) mass is 438 g/mol. The van der Waals surface area contributed by atoms with Crippen molar-refractivity contribution in [2.24, 2.45) is 5.10 Å². The number of amides is 1. The van der Waals surface area contributed by atoms with Gasteiger partial charge in [0, 0.05) is 5.56 Å². The molecule has 3 aromatic carbocycles. The predicted molar refractivity (Wildman–Crippen MR) is 120 cm³/mol. The Morgan fingerprint density at radius 1 is 1.00 bits per heavy atom. The van der Waals surface area contributed by atoms with Gasteiger partial charge in [0.25, 0.3) is 5.91 Å². The van der Waals surface area contributed by atoms with Gasteiger partial charge in [-0.25, -0.2) is 5.43 Å². The Hall–Kier alpha value is -3.28. The highest BCUT2D eigenvalue weighted by atomic mass is 35.5. The summed E-state index contributed by atoms with van der Waals surface area (Å²) in [5.41, 5.74) is 3.68. The zero-order valence-corrected chi connectivity index (χ0v) is 17.4. The Morgan fingerprint density at radius 3 is 2.50 bits per heavy atom. The molecule has 4 aromatic rings. The van der Waals surface area contributed by atoms with E-state index in [1.165, 1.54) is 13.3 Å². The second-order valence-electron chi connectivity index (χ2n) is 6.43. The number of carbonyl (C=O) groups excluding carboxylic acids is 1. The number of halogens is 2. The Kier molecular flexibility index (Phi) is 5.74. The lowest BCUT2D eigenvalue weighted by Crippen LogP contribution is -2.18. The van der Waals surface area contributed by atoms with Crippen LogP contribution in [0.3, 0.4) is 0 Å². The van der Waals surface area contributed by atoms with Crippen molar-refractivity contribution in [3.63, 3.8) is 0 Å². The van der Waals surface area contributed by atoms with E-state index >= 15 is 0 Å². The summed E-state index contributed by atoms with van der Waals surface area (Å²) in [5.74, 6) is 1.17. The molecule has 0 unspecified atom stereocenters. The fourth-order valence-electron chi connectivity index (χ4n) is 3.01. The van der Waals surface area contributed by atoms with E-state index in [-0.39, 0.29) is 5.91 Å². The molecular formula is C23H16Cl2N2O3. The van der Waals surface area contributed by atoms with Crippen LogP contribution in [0.1, 0.15) is 16.1 Å². The summed E-state index contributed by atoms with van der Waals surface area (Å²) in [7, 11) is 1.53. The molecule has 0 atom stereocenters. The van der Waals surface area contributed by atoms with Gasteiger partial charge in [-0.05, 0) is 53.2 Å². The molecule has 0 saturated heterocycles. The summed E-state index contributed by atoms with van der Waals surface area (Å²) in [6, 6.07) is 20.1. The number of benzene rings is 3. The fraction of sp³-hybridized carbons (Fsp3) is 0.0435. The molecule has 4 rings (SSSR count). The van der Waals surface area contributed by atoms with Crippen LogP contribution in [0.25, 0.3) is 22.1 Å². The van der Waals surface area contributed by atoms with Crippen molar-refractivity contribution in [3.05, 3.63) is 88.1 Å². The third-order valence-electron chi connectivity index (χ3n) is 4.50. The maximum atomic E-state index is 12.6. The highest BCUT2D eigenvalue weighted by Gasteiger charge is 2.13. The number of fused-ring (bicyclic) bond motifs is 1. The minimum atomic E-state index is -0.384. The van der Waals surface area contributed by atoms with E-state index in [0.717, 1.165) is 16.3 Å². The van der Waals surface area contributed by atoms with E-state index in [9.17, 15) is 4.79 Å². The molecule has 0 aliphatic heterocycles. The molecule has 0 aliphatic carbocycles. The van der Waals surface area contributed by atoms with Gasteiger partial charge in [-0.3, -0.25) is 4.79 Å². The van der Waals surface area contributed by atoms with Crippen LogP contribution in [0.15, 0.2) is 76.2 Å². The van der Waals surface area contributed by atoms with Gasteiger partial charge < -0.3 is 9.15 Å². The number of furan rings is 1. The van der Waals surface area contributed by atoms with Crippen molar-refractivity contribution in [1.29, 1.82) is 0 Å². The van der Waals surface area contributed by atoms with Gasteiger partial charge in [-0.2, -0.15) is 5.10 Å². The van der Waals surface area contributed by atoms with Crippen molar-refractivity contribution in [2.45, 2.75) is 0 Å². The standard InChI is InChI=1S/C23H16Cl2N2O3/c1-29-22-12-15-5-3-2-4-14(15)10-18(22)23(28)27-26-13-17-7-9-21(30-17)16-6-8-19(24)20(25)11-16/h2-13H,1H3,(H,27,28). The zero-order valence-electron chi connectivity index (χ0n) is 15.9. The van der Waals surface area contributed by atoms with Crippen molar-refractivity contribution in [3.8, 4) is 17.1 Å². The number of hydrogen-bond donors (Lipinski definition) is 1. The molecule has 5 nitrogen and oxygen atoms in total.